The van der Waals surface area contributed by atoms with Crippen molar-refractivity contribution in [2.24, 2.45) is 0 Å². The molecule has 0 amide bonds. The Kier molecular flexibility index (Phi) is 4.51. The Morgan fingerprint density at radius 1 is 1.47 bits per heavy atom. The largest absolute Gasteiger partial charge is 0.573 e. The van der Waals surface area contributed by atoms with Crippen LogP contribution in [0.5, 0.6) is 5.75 Å². The van der Waals surface area contributed by atoms with Crippen LogP contribution in [0.2, 0.25) is 5.15 Å². The van der Waals surface area contributed by atoms with Crippen LogP contribution < -0.4 is 4.74 Å². The van der Waals surface area contributed by atoms with Crippen LogP contribution >= 0.6 is 11.6 Å². The lowest BCUT2D eigenvalue weighted by molar-refractivity contribution is -0.275. The first-order valence-electron chi connectivity index (χ1n) is 4.55. The molecule has 0 aliphatic heterocycles. The predicted molar refractivity (Wildman–Crippen MR) is 52.2 cm³/mol. The summed E-state index contributed by atoms with van der Waals surface area (Å²) in [6, 6.07) is 0.485. The fourth-order valence-corrected chi connectivity index (χ4v) is 1.39. The summed E-state index contributed by atoms with van der Waals surface area (Å²) in [4.78, 5) is 13.5. The van der Waals surface area contributed by atoms with Gasteiger partial charge >= 0.3 is 12.3 Å². The van der Waals surface area contributed by atoms with E-state index in [2.05, 4.69) is 9.72 Å². The number of carboxylic acids is 1. The van der Waals surface area contributed by atoms with E-state index in [4.69, 9.17) is 16.7 Å². The first-order valence-corrected chi connectivity index (χ1v) is 4.93. The molecule has 1 N–H and O–H groups in total. The normalized spacial score (nSPS) is 11.7. The number of carbonyl (C=O) groups is 1. The number of hydrogen-bond donors (Lipinski definition) is 1. The van der Waals surface area contributed by atoms with Gasteiger partial charge in [0.15, 0.2) is 11.4 Å². The van der Waals surface area contributed by atoms with Crippen LogP contribution in [0.3, 0.4) is 0 Å². The maximum Gasteiger partial charge on any atom is 0.573 e. The average molecular weight is 306 g/mol. The van der Waals surface area contributed by atoms with Crippen LogP contribution in [0, 0.1) is 0 Å². The van der Waals surface area contributed by atoms with E-state index in [1.807, 2.05) is 0 Å². The maximum absolute atomic E-state index is 12.5. The zero-order chi connectivity index (χ0) is 14.8. The van der Waals surface area contributed by atoms with Crippen LogP contribution in [0.15, 0.2) is 6.07 Å². The van der Waals surface area contributed by atoms with E-state index >= 15 is 0 Å². The molecule has 0 atom stereocenters. The summed E-state index contributed by atoms with van der Waals surface area (Å²) >= 11 is 5.42. The Morgan fingerprint density at radius 2 is 2.05 bits per heavy atom. The van der Waals surface area contributed by atoms with E-state index in [1.54, 1.807) is 0 Å². The molecule has 0 spiro atoms. The van der Waals surface area contributed by atoms with Crippen LogP contribution in [0.1, 0.15) is 17.7 Å². The van der Waals surface area contributed by atoms with Crippen LogP contribution in [-0.2, 0) is 11.2 Å². The molecule has 1 aromatic heterocycles. The number of pyridine rings is 1. The number of aliphatic carboxylic acids is 1. The molecule has 1 heterocycles. The lowest BCUT2D eigenvalue weighted by Crippen LogP contribution is -2.19. The van der Waals surface area contributed by atoms with Crippen molar-refractivity contribution < 1.29 is 36.6 Å². The molecule has 106 valence electrons. The van der Waals surface area contributed by atoms with Crippen molar-refractivity contribution in [2.75, 3.05) is 0 Å². The molecule has 0 fully saturated rings. The van der Waals surface area contributed by atoms with E-state index in [1.165, 1.54) is 0 Å². The van der Waals surface area contributed by atoms with Crippen molar-refractivity contribution >= 4 is 17.6 Å². The van der Waals surface area contributed by atoms with Crippen LogP contribution in [0.4, 0.5) is 22.0 Å². The quantitative estimate of drug-likeness (QED) is 0.685. The number of halogens is 6. The summed E-state index contributed by atoms with van der Waals surface area (Å²) in [7, 11) is 0. The molecule has 0 saturated carbocycles. The third-order valence-electron chi connectivity index (χ3n) is 1.82. The smallest absolute Gasteiger partial charge is 0.481 e. The molecule has 0 aromatic carbocycles. The fraction of sp³-hybridized carbons (Fsp3) is 0.333. The lowest BCUT2D eigenvalue weighted by Gasteiger charge is -2.14. The summed E-state index contributed by atoms with van der Waals surface area (Å²) < 4.78 is 64.5. The summed E-state index contributed by atoms with van der Waals surface area (Å²) in [6.45, 7) is 0. The van der Waals surface area contributed by atoms with Gasteiger partial charge in [-0.1, -0.05) is 11.6 Å². The Hall–Kier alpha value is -1.64. The monoisotopic (exact) mass is 305 g/mol. The van der Waals surface area contributed by atoms with Gasteiger partial charge in [0.1, 0.15) is 5.15 Å². The number of rotatable bonds is 4. The zero-order valence-corrected chi connectivity index (χ0v) is 9.60. The van der Waals surface area contributed by atoms with Crippen molar-refractivity contribution in [1.29, 1.82) is 0 Å². The molecule has 0 saturated heterocycles. The Balaban J connectivity index is 3.27. The number of aromatic nitrogens is 1. The maximum atomic E-state index is 12.5. The van der Waals surface area contributed by atoms with Gasteiger partial charge < -0.3 is 9.84 Å². The van der Waals surface area contributed by atoms with Crippen LogP contribution in [-0.4, -0.2) is 22.4 Å². The molecule has 0 aliphatic rings. The molecule has 1 rings (SSSR count). The standard InChI is InChI=1S/C9H5ClF5NO3/c10-7-3(2-5(17)18)1-4(19-9(13,14)15)6(16-7)8(11)12/h1,8H,2H2,(H,17,18). The third-order valence-corrected chi connectivity index (χ3v) is 2.14. The van der Waals surface area contributed by atoms with Gasteiger partial charge in [-0.3, -0.25) is 4.79 Å². The molecule has 19 heavy (non-hydrogen) atoms. The molecule has 1 aromatic rings. The molecule has 0 aliphatic carbocycles. The predicted octanol–water partition coefficient (Wildman–Crippen LogP) is 3.20. The average Bonchev–Trinajstić information content (AvgIpc) is 2.19. The summed E-state index contributed by atoms with van der Waals surface area (Å²) in [6.07, 6.45) is -9.34. The third kappa shape index (κ3) is 4.51. The van der Waals surface area contributed by atoms with Gasteiger partial charge in [0, 0.05) is 5.56 Å². The number of hydrogen-bond acceptors (Lipinski definition) is 3. The van der Waals surface area contributed by atoms with E-state index in [0.717, 1.165) is 0 Å². The second kappa shape index (κ2) is 5.55. The number of carboxylic acid groups (broad SMARTS) is 1. The van der Waals surface area contributed by atoms with E-state index in [-0.39, 0.29) is 5.56 Å². The molecular weight excluding hydrogens is 301 g/mol. The Labute approximate surface area is 107 Å². The zero-order valence-electron chi connectivity index (χ0n) is 8.84. The molecule has 10 heteroatoms. The van der Waals surface area contributed by atoms with E-state index in [9.17, 15) is 26.7 Å². The second-order valence-electron chi connectivity index (χ2n) is 3.24. The van der Waals surface area contributed by atoms with Crippen LogP contribution in [0.25, 0.3) is 0 Å². The summed E-state index contributed by atoms with van der Waals surface area (Å²) in [5.74, 6) is -2.69. The highest BCUT2D eigenvalue weighted by Gasteiger charge is 2.34. The van der Waals surface area contributed by atoms with Crippen molar-refractivity contribution in [3.8, 4) is 5.75 Å². The number of nitrogens with zero attached hydrogens (tertiary/aromatic N) is 1. The molecule has 4 nitrogen and oxygen atoms in total. The minimum Gasteiger partial charge on any atom is -0.481 e. The van der Waals surface area contributed by atoms with Crippen molar-refractivity contribution in [3.05, 3.63) is 22.5 Å². The minimum absolute atomic E-state index is 0.363. The van der Waals surface area contributed by atoms with Gasteiger partial charge in [0.05, 0.1) is 6.42 Å². The van der Waals surface area contributed by atoms with Crippen molar-refractivity contribution in [2.45, 2.75) is 19.2 Å². The first kappa shape index (κ1) is 15.4. The van der Waals surface area contributed by atoms with Crippen molar-refractivity contribution in [3.63, 3.8) is 0 Å². The van der Waals surface area contributed by atoms with Gasteiger partial charge in [-0.2, -0.15) is 0 Å². The highest BCUT2D eigenvalue weighted by Crippen LogP contribution is 2.34. The Bertz CT molecular complexity index is 491. The molecule has 0 unspecified atom stereocenters. The van der Waals surface area contributed by atoms with Gasteiger partial charge in [-0.15, -0.1) is 13.2 Å². The highest BCUT2D eigenvalue weighted by atomic mass is 35.5. The second-order valence-corrected chi connectivity index (χ2v) is 3.60. The van der Waals surface area contributed by atoms with Gasteiger partial charge in [-0.05, 0) is 6.07 Å². The number of ether oxygens (including phenoxy) is 1. The van der Waals surface area contributed by atoms with E-state index in [0.29, 0.717) is 6.07 Å². The van der Waals surface area contributed by atoms with Gasteiger partial charge in [0.25, 0.3) is 6.43 Å². The summed E-state index contributed by atoms with van der Waals surface area (Å²) in [5, 5.41) is 7.88. The number of alkyl halides is 5. The first-order chi connectivity index (χ1) is 8.60. The Morgan fingerprint density at radius 3 is 2.47 bits per heavy atom. The van der Waals surface area contributed by atoms with E-state index < -0.39 is 41.8 Å². The fourth-order valence-electron chi connectivity index (χ4n) is 1.17. The molecule has 0 bridgehead atoms. The minimum atomic E-state index is -5.21. The van der Waals surface area contributed by atoms with Gasteiger partial charge in [-0.25, -0.2) is 13.8 Å². The summed E-state index contributed by atoms with van der Waals surface area (Å²) in [5.41, 5.74) is -1.67. The molecular formula is C9H5ClF5NO3. The van der Waals surface area contributed by atoms with Crippen molar-refractivity contribution in [1.82, 2.24) is 4.98 Å². The lowest BCUT2D eigenvalue weighted by atomic mass is 10.2. The topological polar surface area (TPSA) is 59.4 Å². The SMILES string of the molecule is O=C(O)Cc1cc(OC(F)(F)F)c(C(F)F)nc1Cl. The van der Waals surface area contributed by atoms with Gasteiger partial charge in [0.2, 0.25) is 0 Å². The molecule has 0 radical (unpaired) electrons. The highest BCUT2D eigenvalue weighted by molar-refractivity contribution is 6.30.